The summed E-state index contributed by atoms with van der Waals surface area (Å²) < 4.78 is 0. The molecule has 0 saturated carbocycles. The van der Waals surface area contributed by atoms with Crippen LogP contribution in [0.5, 0.6) is 0 Å². The van der Waals surface area contributed by atoms with Crippen LogP contribution in [0, 0.1) is 6.92 Å². The van der Waals surface area contributed by atoms with E-state index < -0.39 is 6.04 Å². The fourth-order valence-corrected chi connectivity index (χ4v) is 2.40. The smallest absolute Gasteiger partial charge is 0.239 e. The van der Waals surface area contributed by atoms with Crippen LogP contribution in [0.2, 0.25) is 0 Å². The van der Waals surface area contributed by atoms with Crippen molar-refractivity contribution in [3.05, 3.63) is 35.4 Å². The first-order chi connectivity index (χ1) is 11.4. The Morgan fingerprint density at radius 2 is 1.75 bits per heavy atom. The van der Waals surface area contributed by atoms with Crippen LogP contribution in [0.15, 0.2) is 24.3 Å². The summed E-state index contributed by atoms with van der Waals surface area (Å²) in [5.41, 5.74) is 1.98. The van der Waals surface area contributed by atoms with Gasteiger partial charge in [0.15, 0.2) is 0 Å². The Hall–Kier alpha value is -2.37. The molecule has 6 heteroatoms. The fraction of sp³-hybridized carbons (Fsp3) is 0.500. The first-order valence-corrected chi connectivity index (χ1v) is 8.25. The van der Waals surface area contributed by atoms with Crippen LogP contribution in [-0.4, -0.2) is 42.3 Å². The quantitative estimate of drug-likeness (QED) is 0.757. The first kappa shape index (κ1) is 19.7. The highest BCUT2D eigenvalue weighted by atomic mass is 16.2. The van der Waals surface area contributed by atoms with Gasteiger partial charge in [-0.2, -0.15) is 0 Å². The third kappa shape index (κ3) is 6.40. The van der Waals surface area contributed by atoms with Gasteiger partial charge in [-0.3, -0.25) is 14.4 Å². The minimum atomic E-state index is -0.404. The fourth-order valence-electron chi connectivity index (χ4n) is 2.40. The van der Waals surface area contributed by atoms with Crippen molar-refractivity contribution in [2.45, 2.75) is 40.2 Å². The molecule has 0 aliphatic carbocycles. The molecule has 3 amide bonds. The average molecular weight is 333 g/mol. The van der Waals surface area contributed by atoms with Gasteiger partial charge in [0, 0.05) is 20.0 Å². The molecule has 24 heavy (non-hydrogen) atoms. The van der Waals surface area contributed by atoms with Crippen molar-refractivity contribution in [3.63, 3.8) is 0 Å². The van der Waals surface area contributed by atoms with Crippen LogP contribution in [0.25, 0.3) is 0 Å². The molecule has 1 aromatic carbocycles. The summed E-state index contributed by atoms with van der Waals surface area (Å²) in [5.74, 6) is -0.539. The average Bonchev–Trinajstić information content (AvgIpc) is 2.52. The number of rotatable bonds is 8. The zero-order valence-electron chi connectivity index (χ0n) is 14.9. The van der Waals surface area contributed by atoms with E-state index >= 15 is 0 Å². The molecular weight excluding hydrogens is 306 g/mol. The summed E-state index contributed by atoms with van der Waals surface area (Å²) in [5, 5.41) is 5.50. The second-order valence-electron chi connectivity index (χ2n) is 5.73. The minimum Gasteiger partial charge on any atom is -0.355 e. The van der Waals surface area contributed by atoms with Crippen molar-refractivity contribution in [2.24, 2.45) is 0 Å². The first-order valence-electron chi connectivity index (χ1n) is 8.25. The summed E-state index contributed by atoms with van der Waals surface area (Å²) in [6.07, 6.45) is 0.121. The maximum absolute atomic E-state index is 12.5. The van der Waals surface area contributed by atoms with Gasteiger partial charge in [0.05, 0.1) is 19.0 Å². The topological polar surface area (TPSA) is 78.5 Å². The van der Waals surface area contributed by atoms with Gasteiger partial charge >= 0.3 is 0 Å². The van der Waals surface area contributed by atoms with Gasteiger partial charge in [0.25, 0.3) is 0 Å². The zero-order valence-corrected chi connectivity index (χ0v) is 14.9. The highest BCUT2D eigenvalue weighted by Crippen LogP contribution is 2.19. The summed E-state index contributed by atoms with van der Waals surface area (Å²) in [7, 11) is 0. The normalized spacial score (nSPS) is 11.5. The van der Waals surface area contributed by atoms with Crippen molar-refractivity contribution < 1.29 is 14.4 Å². The molecular formula is C18H27N3O3. The molecule has 6 nitrogen and oxygen atoms in total. The highest BCUT2D eigenvalue weighted by molar-refractivity contribution is 5.85. The van der Waals surface area contributed by atoms with Gasteiger partial charge in [0.1, 0.15) is 0 Å². The zero-order chi connectivity index (χ0) is 18.1. The van der Waals surface area contributed by atoms with Gasteiger partial charge < -0.3 is 15.5 Å². The number of hydrogen-bond acceptors (Lipinski definition) is 3. The van der Waals surface area contributed by atoms with E-state index in [4.69, 9.17) is 0 Å². The van der Waals surface area contributed by atoms with Gasteiger partial charge in [0.2, 0.25) is 17.7 Å². The third-order valence-electron chi connectivity index (χ3n) is 3.68. The van der Waals surface area contributed by atoms with E-state index in [-0.39, 0.29) is 30.7 Å². The van der Waals surface area contributed by atoms with Gasteiger partial charge in [-0.25, -0.2) is 0 Å². The highest BCUT2D eigenvalue weighted by Gasteiger charge is 2.22. The molecule has 0 radical (unpaired) electrons. The number of hydrogen-bond donors (Lipinski definition) is 2. The molecule has 1 aromatic rings. The molecule has 0 aromatic heterocycles. The number of nitrogens with zero attached hydrogens (tertiary/aromatic N) is 1. The van der Waals surface area contributed by atoms with Crippen LogP contribution < -0.4 is 10.6 Å². The molecule has 132 valence electrons. The molecule has 1 atom stereocenters. The van der Waals surface area contributed by atoms with E-state index in [0.717, 1.165) is 11.1 Å². The predicted octanol–water partition coefficient (Wildman–Crippen LogP) is 1.55. The van der Waals surface area contributed by atoms with E-state index in [1.165, 1.54) is 11.8 Å². The Kier molecular flexibility index (Phi) is 7.95. The number of carbonyl (C=O) groups excluding carboxylic acids is 3. The molecule has 0 bridgehead atoms. The monoisotopic (exact) mass is 333 g/mol. The number of benzene rings is 1. The summed E-state index contributed by atoms with van der Waals surface area (Å²) in [6.45, 7) is 8.07. The number of aryl methyl sites for hydroxylation is 1. The van der Waals surface area contributed by atoms with E-state index in [9.17, 15) is 14.4 Å². The lowest BCUT2D eigenvalue weighted by molar-refractivity contribution is -0.136. The summed E-state index contributed by atoms with van der Waals surface area (Å²) >= 11 is 0. The molecule has 0 heterocycles. The van der Waals surface area contributed by atoms with E-state index in [1.807, 2.05) is 45.0 Å². The van der Waals surface area contributed by atoms with Crippen molar-refractivity contribution >= 4 is 17.7 Å². The van der Waals surface area contributed by atoms with Crippen LogP contribution in [0.4, 0.5) is 0 Å². The molecule has 0 aliphatic rings. The maximum atomic E-state index is 12.5. The largest absolute Gasteiger partial charge is 0.355 e. The Morgan fingerprint density at radius 1 is 1.12 bits per heavy atom. The lowest BCUT2D eigenvalue weighted by Gasteiger charge is -2.24. The molecule has 0 saturated heterocycles. The molecule has 1 rings (SSSR count). The second kappa shape index (κ2) is 9.70. The van der Waals surface area contributed by atoms with Crippen molar-refractivity contribution in [3.8, 4) is 0 Å². The van der Waals surface area contributed by atoms with Gasteiger partial charge in [-0.15, -0.1) is 0 Å². The minimum absolute atomic E-state index is 0.0316. The van der Waals surface area contributed by atoms with Gasteiger partial charge in [-0.1, -0.05) is 29.8 Å². The van der Waals surface area contributed by atoms with E-state index in [0.29, 0.717) is 13.1 Å². The Bertz CT molecular complexity index is 569. The molecule has 0 aliphatic heterocycles. The number of likely N-dealkylation sites (N-methyl/N-ethyl adjacent to an activating group) is 2. The lowest BCUT2D eigenvalue weighted by Crippen LogP contribution is -2.42. The van der Waals surface area contributed by atoms with Crippen molar-refractivity contribution in [1.82, 2.24) is 15.5 Å². The Labute approximate surface area is 143 Å². The van der Waals surface area contributed by atoms with Crippen LogP contribution in [-0.2, 0) is 14.4 Å². The Balaban J connectivity index is 2.83. The molecule has 0 spiro atoms. The van der Waals surface area contributed by atoms with Crippen LogP contribution >= 0.6 is 0 Å². The second-order valence-corrected chi connectivity index (χ2v) is 5.73. The predicted molar refractivity (Wildman–Crippen MR) is 93.3 cm³/mol. The lowest BCUT2D eigenvalue weighted by atomic mass is 10.0. The summed E-state index contributed by atoms with van der Waals surface area (Å²) in [4.78, 5) is 37.2. The van der Waals surface area contributed by atoms with Crippen molar-refractivity contribution in [2.75, 3.05) is 19.6 Å². The standard InChI is InChI=1S/C18H27N3O3/c1-5-19-17(23)12-21(6-2)18(24)11-16(20-14(4)22)15-9-7-13(3)8-10-15/h7-10,16H,5-6,11-12H2,1-4H3,(H,19,23)(H,20,22)/t16-/m0/s1. The number of carbonyl (C=O) groups is 3. The van der Waals surface area contributed by atoms with Crippen LogP contribution in [0.1, 0.15) is 44.4 Å². The number of nitrogens with one attached hydrogen (secondary N) is 2. The maximum Gasteiger partial charge on any atom is 0.239 e. The van der Waals surface area contributed by atoms with E-state index in [1.54, 1.807) is 0 Å². The summed E-state index contributed by atoms with van der Waals surface area (Å²) in [6, 6.07) is 7.30. The molecule has 2 N–H and O–H groups in total. The van der Waals surface area contributed by atoms with Crippen LogP contribution in [0.3, 0.4) is 0 Å². The Morgan fingerprint density at radius 3 is 2.25 bits per heavy atom. The SMILES string of the molecule is CCNC(=O)CN(CC)C(=O)C[C@H](NC(C)=O)c1ccc(C)cc1. The van der Waals surface area contributed by atoms with Gasteiger partial charge in [-0.05, 0) is 26.3 Å². The third-order valence-corrected chi connectivity index (χ3v) is 3.68. The molecule has 0 unspecified atom stereocenters. The molecule has 0 fully saturated rings. The number of amides is 3. The van der Waals surface area contributed by atoms with E-state index in [2.05, 4.69) is 10.6 Å². The van der Waals surface area contributed by atoms with Crippen molar-refractivity contribution in [1.29, 1.82) is 0 Å².